The fourth-order valence-corrected chi connectivity index (χ4v) is 0.777. The molecule has 0 bridgehead atoms. The van der Waals surface area contributed by atoms with Crippen LogP contribution in [0.5, 0.6) is 0 Å². The number of aliphatic hydroxyl groups excluding tert-OH is 2. The second-order valence-corrected chi connectivity index (χ2v) is 2.98. The Balaban J connectivity index is 0. The number of carbonyl (C=O) groups is 1. The van der Waals surface area contributed by atoms with Crippen LogP contribution in [0.25, 0.3) is 0 Å². The minimum atomic E-state index is -0.412. The van der Waals surface area contributed by atoms with Crippen molar-refractivity contribution in [1.29, 1.82) is 0 Å². The Labute approximate surface area is 97.2 Å². The van der Waals surface area contributed by atoms with Crippen LogP contribution in [-0.4, -0.2) is 36.0 Å². The molecule has 0 aromatic heterocycles. The summed E-state index contributed by atoms with van der Waals surface area (Å²) in [5.41, 5.74) is 0. The van der Waals surface area contributed by atoms with Crippen LogP contribution in [0.4, 0.5) is 0 Å². The van der Waals surface area contributed by atoms with Crippen molar-refractivity contribution >= 4 is 5.97 Å². The number of hydrogen-bond acceptors (Lipinski definition) is 4. The molecular weight excluding hydrogens is 208 g/mol. The third-order valence-corrected chi connectivity index (χ3v) is 1.58. The molecule has 0 saturated heterocycles. The van der Waals surface area contributed by atoms with E-state index in [0.717, 1.165) is 31.8 Å². The molecule has 0 unspecified atom stereocenters. The zero-order chi connectivity index (χ0) is 12.6. The van der Waals surface area contributed by atoms with E-state index in [0.29, 0.717) is 0 Å². The summed E-state index contributed by atoms with van der Waals surface area (Å²) in [7, 11) is 0. The average Bonchev–Trinajstić information content (AvgIpc) is 2.32. The van der Waals surface area contributed by atoms with Crippen LogP contribution < -0.4 is 0 Å². The summed E-state index contributed by atoms with van der Waals surface area (Å²) in [4.78, 5) is 10.2. The SMILES string of the molecule is C=CCOC(=O)C=C.OCCCCCCO. The molecule has 0 aromatic carbocycles. The third kappa shape index (κ3) is 18.6. The number of rotatable bonds is 8. The van der Waals surface area contributed by atoms with Gasteiger partial charge in [0.15, 0.2) is 0 Å². The maximum absolute atomic E-state index is 10.2. The van der Waals surface area contributed by atoms with Gasteiger partial charge in [0.1, 0.15) is 6.61 Å². The summed E-state index contributed by atoms with van der Waals surface area (Å²) >= 11 is 0. The second kappa shape index (κ2) is 16.3. The molecule has 0 rings (SSSR count). The lowest BCUT2D eigenvalue weighted by Crippen LogP contribution is -1.98. The van der Waals surface area contributed by atoms with E-state index in [4.69, 9.17) is 10.2 Å². The van der Waals surface area contributed by atoms with Gasteiger partial charge in [0.05, 0.1) is 0 Å². The molecule has 0 heterocycles. The fraction of sp³-hybridized carbons (Fsp3) is 0.583. The van der Waals surface area contributed by atoms with Gasteiger partial charge in [0.25, 0.3) is 0 Å². The molecule has 4 nitrogen and oxygen atoms in total. The van der Waals surface area contributed by atoms with Crippen molar-refractivity contribution in [2.24, 2.45) is 0 Å². The first-order valence-corrected chi connectivity index (χ1v) is 5.34. The average molecular weight is 230 g/mol. The number of aliphatic hydroxyl groups is 2. The van der Waals surface area contributed by atoms with Crippen molar-refractivity contribution in [1.82, 2.24) is 0 Å². The summed E-state index contributed by atoms with van der Waals surface area (Å²) in [5.74, 6) is -0.412. The Morgan fingerprint density at radius 3 is 1.88 bits per heavy atom. The normalized spacial score (nSPS) is 8.62. The standard InChI is InChI=1S/C6H8O2.C6H14O2/c1-3-5-8-6(7)4-2;7-5-3-1-2-4-6-8/h3-4H,1-2,5H2;7-8H,1-6H2. The van der Waals surface area contributed by atoms with Crippen LogP contribution in [-0.2, 0) is 9.53 Å². The van der Waals surface area contributed by atoms with Gasteiger partial charge >= 0.3 is 5.97 Å². The van der Waals surface area contributed by atoms with Crippen LogP contribution in [0.2, 0.25) is 0 Å². The molecule has 0 radical (unpaired) electrons. The van der Waals surface area contributed by atoms with Gasteiger partial charge in [-0.1, -0.05) is 32.1 Å². The Morgan fingerprint density at radius 1 is 1.06 bits per heavy atom. The molecule has 0 amide bonds. The molecule has 0 aliphatic heterocycles. The van der Waals surface area contributed by atoms with E-state index in [1.54, 1.807) is 0 Å². The Hall–Kier alpha value is -1.13. The van der Waals surface area contributed by atoms with Gasteiger partial charge in [0.2, 0.25) is 0 Å². The molecule has 4 heteroatoms. The van der Waals surface area contributed by atoms with E-state index in [1.807, 2.05) is 0 Å². The first-order chi connectivity index (χ1) is 7.72. The van der Waals surface area contributed by atoms with Crippen molar-refractivity contribution in [2.75, 3.05) is 19.8 Å². The van der Waals surface area contributed by atoms with E-state index in [2.05, 4.69) is 17.9 Å². The summed E-state index contributed by atoms with van der Waals surface area (Å²) in [6.45, 7) is 7.38. The fourth-order valence-electron chi connectivity index (χ4n) is 0.777. The first-order valence-electron chi connectivity index (χ1n) is 5.34. The molecule has 0 atom stereocenters. The number of esters is 1. The van der Waals surface area contributed by atoms with Gasteiger partial charge in [-0.2, -0.15) is 0 Å². The van der Waals surface area contributed by atoms with Crippen LogP contribution in [0, 0.1) is 0 Å². The smallest absolute Gasteiger partial charge is 0.330 e. The van der Waals surface area contributed by atoms with Crippen molar-refractivity contribution in [2.45, 2.75) is 25.7 Å². The molecule has 94 valence electrons. The van der Waals surface area contributed by atoms with Crippen molar-refractivity contribution in [3.8, 4) is 0 Å². The largest absolute Gasteiger partial charge is 0.458 e. The predicted octanol–water partition coefficient (Wildman–Crippen LogP) is 1.43. The van der Waals surface area contributed by atoms with Gasteiger partial charge in [0, 0.05) is 19.3 Å². The summed E-state index contributed by atoms with van der Waals surface area (Å²) < 4.78 is 4.47. The van der Waals surface area contributed by atoms with Gasteiger partial charge < -0.3 is 14.9 Å². The zero-order valence-corrected chi connectivity index (χ0v) is 9.73. The van der Waals surface area contributed by atoms with Crippen LogP contribution in [0.15, 0.2) is 25.3 Å². The summed E-state index contributed by atoms with van der Waals surface area (Å²) in [6, 6.07) is 0. The van der Waals surface area contributed by atoms with Crippen LogP contribution in [0.3, 0.4) is 0 Å². The molecule has 0 spiro atoms. The first kappa shape index (κ1) is 17.3. The minimum absolute atomic E-state index is 0.255. The Morgan fingerprint density at radius 2 is 1.56 bits per heavy atom. The van der Waals surface area contributed by atoms with E-state index in [9.17, 15) is 4.79 Å². The highest BCUT2D eigenvalue weighted by Crippen LogP contribution is 1.96. The minimum Gasteiger partial charge on any atom is -0.458 e. The maximum Gasteiger partial charge on any atom is 0.330 e. The van der Waals surface area contributed by atoms with E-state index >= 15 is 0 Å². The van der Waals surface area contributed by atoms with Gasteiger partial charge in [-0.3, -0.25) is 0 Å². The van der Waals surface area contributed by atoms with Crippen LogP contribution in [0.1, 0.15) is 25.7 Å². The highest BCUT2D eigenvalue weighted by Gasteiger charge is 1.88. The number of carbonyl (C=O) groups excluding carboxylic acids is 1. The maximum atomic E-state index is 10.2. The molecule has 0 saturated carbocycles. The lowest BCUT2D eigenvalue weighted by molar-refractivity contribution is -0.136. The van der Waals surface area contributed by atoms with Crippen molar-refractivity contribution < 1.29 is 19.7 Å². The van der Waals surface area contributed by atoms with Gasteiger partial charge in [-0.05, 0) is 12.8 Å². The molecule has 0 aromatic rings. The van der Waals surface area contributed by atoms with Crippen molar-refractivity contribution in [3.63, 3.8) is 0 Å². The Kier molecular flexibility index (Phi) is 17.6. The number of unbranched alkanes of at least 4 members (excludes halogenated alkanes) is 3. The quantitative estimate of drug-likeness (QED) is 0.286. The van der Waals surface area contributed by atoms with E-state index in [-0.39, 0.29) is 19.8 Å². The van der Waals surface area contributed by atoms with E-state index in [1.165, 1.54) is 6.08 Å². The van der Waals surface area contributed by atoms with Gasteiger partial charge in [-0.15, -0.1) is 0 Å². The molecule has 0 aliphatic carbocycles. The highest BCUT2D eigenvalue weighted by molar-refractivity contribution is 5.81. The zero-order valence-electron chi connectivity index (χ0n) is 9.73. The Bertz CT molecular complexity index is 172. The predicted molar refractivity (Wildman–Crippen MR) is 64.0 cm³/mol. The lowest BCUT2D eigenvalue weighted by atomic mass is 10.2. The molecule has 0 fully saturated rings. The number of ether oxygens (including phenoxy) is 1. The second-order valence-electron chi connectivity index (χ2n) is 2.98. The number of hydrogen-bond donors (Lipinski definition) is 2. The van der Waals surface area contributed by atoms with E-state index < -0.39 is 5.97 Å². The molecule has 0 aliphatic rings. The molecule has 2 N–H and O–H groups in total. The van der Waals surface area contributed by atoms with Gasteiger partial charge in [-0.25, -0.2) is 4.79 Å². The highest BCUT2D eigenvalue weighted by atomic mass is 16.5. The van der Waals surface area contributed by atoms with Crippen molar-refractivity contribution in [3.05, 3.63) is 25.3 Å². The summed E-state index contributed by atoms with van der Waals surface area (Å²) in [6.07, 6.45) is 6.44. The molecular formula is C12H22O4. The topological polar surface area (TPSA) is 66.8 Å². The summed E-state index contributed by atoms with van der Waals surface area (Å²) in [5, 5.41) is 16.6. The monoisotopic (exact) mass is 230 g/mol. The third-order valence-electron chi connectivity index (χ3n) is 1.58. The lowest BCUT2D eigenvalue weighted by Gasteiger charge is -1.93. The van der Waals surface area contributed by atoms with Crippen LogP contribution >= 0.6 is 0 Å². The molecule has 16 heavy (non-hydrogen) atoms.